The third-order valence-electron chi connectivity index (χ3n) is 3.35. The topological polar surface area (TPSA) is 20.3 Å². The van der Waals surface area contributed by atoms with Gasteiger partial charge in [0, 0.05) is 24.4 Å². The van der Waals surface area contributed by atoms with Crippen molar-refractivity contribution in [2.45, 2.75) is 38.6 Å². The minimum absolute atomic E-state index is 0.123. The summed E-state index contributed by atoms with van der Waals surface area (Å²) >= 11 is 11.9. The van der Waals surface area contributed by atoms with Gasteiger partial charge in [0.15, 0.2) is 0 Å². The number of nitrogens with zero attached hydrogens (tertiary/aromatic N) is 1. The molecular weight excluding hydrogens is 269 g/mol. The van der Waals surface area contributed by atoms with Gasteiger partial charge in [0.1, 0.15) is 0 Å². The van der Waals surface area contributed by atoms with E-state index in [0.29, 0.717) is 16.5 Å². The molecule has 0 N–H and O–H groups in total. The van der Waals surface area contributed by atoms with E-state index in [1.54, 1.807) is 6.07 Å². The summed E-state index contributed by atoms with van der Waals surface area (Å²) < 4.78 is 0. The molecule has 2 nitrogen and oxygen atoms in total. The highest BCUT2D eigenvalue weighted by Crippen LogP contribution is 2.34. The molecule has 1 fully saturated rings. The maximum Gasteiger partial charge on any atom is 0.223 e. The number of hydrogen-bond donors (Lipinski definition) is 0. The first-order chi connectivity index (χ1) is 8.29. The molecule has 1 aromatic rings. The molecule has 2 rings (SSSR count). The summed E-state index contributed by atoms with van der Waals surface area (Å²) in [5.74, 6) is 0.421. The van der Waals surface area contributed by atoms with Crippen LogP contribution in [0, 0.1) is 0 Å². The summed E-state index contributed by atoms with van der Waals surface area (Å²) in [5.41, 5.74) is 0.965. The standard InChI is InChI=1S/C14H17Cl2NO/c1-14(2,3)17-8-10(7-13(17)18)9-4-5-11(15)12(16)6-9/h4-6,10H,7-8H2,1-3H3. The maximum atomic E-state index is 12.0. The summed E-state index contributed by atoms with van der Waals surface area (Å²) in [4.78, 5) is 14.0. The molecule has 1 atom stereocenters. The van der Waals surface area contributed by atoms with E-state index in [-0.39, 0.29) is 17.4 Å². The van der Waals surface area contributed by atoms with E-state index < -0.39 is 0 Å². The average Bonchev–Trinajstić information content (AvgIpc) is 2.64. The van der Waals surface area contributed by atoms with Crippen molar-refractivity contribution in [1.82, 2.24) is 4.90 Å². The van der Waals surface area contributed by atoms with E-state index in [1.807, 2.05) is 17.0 Å². The van der Waals surface area contributed by atoms with Gasteiger partial charge in [-0.05, 0) is 38.5 Å². The summed E-state index contributed by atoms with van der Waals surface area (Å²) in [6.07, 6.45) is 0.551. The number of carbonyl (C=O) groups is 1. The fraction of sp³-hybridized carbons (Fsp3) is 0.500. The Balaban J connectivity index is 2.22. The number of carbonyl (C=O) groups excluding carboxylic acids is 1. The molecule has 1 unspecified atom stereocenters. The normalized spacial score (nSPS) is 20.6. The van der Waals surface area contributed by atoms with Crippen molar-refractivity contribution < 1.29 is 4.79 Å². The predicted octanol–water partition coefficient (Wildman–Crippen LogP) is 4.11. The molecule has 98 valence electrons. The maximum absolute atomic E-state index is 12.0. The Labute approximate surface area is 118 Å². The Morgan fingerprint density at radius 2 is 1.89 bits per heavy atom. The van der Waals surface area contributed by atoms with Crippen molar-refractivity contribution in [3.8, 4) is 0 Å². The van der Waals surface area contributed by atoms with Gasteiger partial charge in [0.25, 0.3) is 0 Å². The monoisotopic (exact) mass is 285 g/mol. The van der Waals surface area contributed by atoms with E-state index >= 15 is 0 Å². The van der Waals surface area contributed by atoms with Crippen LogP contribution in [0.1, 0.15) is 38.7 Å². The SMILES string of the molecule is CC(C)(C)N1CC(c2ccc(Cl)c(Cl)c2)CC1=O. The minimum Gasteiger partial charge on any atom is -0.337 e. The molecule has 0 bridgehead atoms. The first kappa shape index (κ1) is 13.7. The van der Waals surface area contributed by atoms with Crippen LogP contribution in [-0.2, 0) is 4.79 Å². The van der Waals surface area contributed by atoms with Crippen molar-refractivity contribution in [2.24, 2.45) is 0 Å². The van der Waals surface area contributed by atoms with Gasteiger partial charge in [-0.15, -0.1) is 0 Å². The molecule has 1 aliphatic rings. The van der Waals surface area contributed by atoms with Crippen molar-refractivity contribution in [1.29, 1.82) is 0 Å². The van der Waals surface area contributed by atoms with E-state index in [0.717, 1.165) is 12.1 Å². The summed E-state index contributed by atoms with van der Waals surface area (Å²) in [7, 11) is 0. The van der Waals surface area contributed by atoms with Crippen molar-refractivity contribution in [2.75, 3.05) is 6.54 Å². The zero-order valence-corrected chi connectivity index (χ0v) is 12.3. The predicted molar refractivity (Wildman–Crippen MR) is 75.3 cm³/mol. The summed E-state index contributed by atoms with van der Waals surface area (Å²) in [6.45, 7) is 6.92. The molecule has 18 heavy (non-hydrogen) atoms. The van der Waals surface area contributed by atoms with Crippen LogP contribution in [0.3, 0.4) is 0 Å². The lowest BCUT2D eigenvalue weighted by Crippen LogP contribution is -2.42. The second-order valence-electron chi connectivity index (χ2n) is 5.75. The van der Waals surface area contributed by atoms with E-state index in [1.165, 1.54) is 0 Å². The molecule has 0 spiro atoms. The van der Waals surface area contributed by atoms with Crippen LogP contribution in [0.5, 0.6) is 0 Å². The number of hydrogen-bond acceptors (Lipinski definition) is 1. The fourth-order valence-electron chi connectivity index (χ4n) is 2.35. The Morgan fingerprint density at radius 1 is 1.22 bits per heavy atom. The molecule has 1 heterocycles. The van der Waals surface area contributed by atoms with Crippen LogP contribution in [-0.4, -0.2) is 22.9 Å². The molecular formula is C14H17Cl2NO. The second kappa shape index (κ2) is 4.75. The first-order valence-corrected chi connectivity index (χ1v) is 6.80. The van der Waals surface area contributed by atoms with Gasteiger partial charge in [0.05, 0.1) is 10.0 Å². The number of amides is 1. The van der Waals surface area contributed by atoms with Crippen molar-refractivity contribution in [3.63, 3.8) is 0 Å². The van der Waals surface area contributed by atoms with Gasteiger partial charge in [-0.1, -0.05) is 29.3 Å². The number of likely N-dealkylation sites (tertiary alicyclic amines) is 1. The number of halogens is 2. The van der Waals surface area contributed by atoms with E-state index in [2.05, 4.69) is 20.8 Å². The third kappa shape index (κ3) is 2.65. The molecule has 4 heteroatoms. The van der Waals surface area contributed by atoms with Crippen LogP contribution >= 0.6 is 23.2 Å². The molecule has 1 amide bonds. The summed E-state index contributed by atoms with van der Waals surface area (Å²) in [5, 5.41) is 1.10. The first-order valence-electron chi connectivity index (χ1n) is 6.04. The van der Waals surface area contributed by atoms with Gasteiger partial charge in [0.2, 0.25) is 5.91 Å². The van der Waals surface area contributed by atoms with E-state index in [4.69, 9.17) is 23.2 Å². The summed E-state index contributed by atoms with van der Waals surface area (Å²) in [6, 6.07) is 5.62. The Hall–Kier alpha value is -0.730. The smallest absolute Gasteiger partial charge is 0.223 e. The fourth-order valence-corrected chi connectivity index (χ4v) is 2.65. The number of rotatable bonds is 1. The third-order valence-corrected chi connectivity index (χ3v) is 4.09. The second-order valence-corrected chi connectivity index (χ2v) is 6.56. The van der Waals surface area contributed by atoms with Crippen LogP contribution < -0.4 is 0 Å². The average molecular weight is 286 g/mol. The lowest BCUT2D eigenvalue weighted by molar-refractivity contribution is -0.131. The van der Waals surface area contributed by atoms with Crippen LogP contribution in [0.2, 0.25) is 10.0 Å². The van der Waals surface area contributed by atoms with Gasteiger partial charge < -0.3 is 4.90 Å². The molecule has 0 aromatic heterocycles. The van der Waals surface area contributed by atoms with Crippen LogP contribution in [0.15, 0.2) is 18.2 Å². The Kier molecular flexibility index (Phi) is 3.61. The molecule has 1 aromatic carbocycles. The van der Waals surface area contributed by atoms with Crippen molar-refractivity contribution in [3.05, 3.63) is 33.8 Å². The quantitative estimate of drug-likeness (QED) is 0.761. The van der Waals surface area contributed by atoms with Gasteiger partial charge in [-0.25, -0.2) is 0 Å². The lowest BCUT2D eigenvalue weighted by Gasteiger charge is -2.32. The zero-order valence-electron chi connectivity index (χ0n) is 10.8. The van der Waals surface area contributed by atoms with E-state index in [9.17, 15) is 4.79 Å². The highest BCUT2D eigenvalue weighted by molar-refractivity contribution is 6.42. The Morgan fingerprint density at radius 3 is 2.39 bits per heavy atom. The molecule has 0 radical (unpaired) electrons. The van der Waals surface area contributed by atoms with Gasteiger partial charge in [-0.2, -0.15) is 0 Å². The number of benzene rings is 1. The van der Waals surface area contributed by atoms with Gasteiger partial charge in [-0.3, -0.25) is 4.79 Å². The molecule has 0 saturated carbocycles. The Bertz CT molecular complexity index is 479. The van der Waals surface area contributed by atoms with Crippen LogP contribution in [0.25, 0.3) is 0 Å². The molecule has 1 aliphatic heterocycles. The largest absolute Gasteiger partial charge is 0.337 e. The minimum atomic E-state index is -0.123. The van der Waals surface area contributed by atoms with Crippen molar-refractivity contribution >= 4 is 29.1 Å². The lowest BCUT2D eigenvalue weighted by atomic mass is 9.98. The molecule has 1 saturated heterocycles. The molecule has 0 aliphatic carbocycles. The highest BCUT2D eigenvalue weighted by atomic mass is 35.5. The van der Waals surface area contributed by atoms with Gasteiger partial charge >= 0.3 is 0 Å². The van der Waals surface area contributed by atoms with Crippen LogP contribution in [0.4, 0.5) is 0 Å². The zero-order chi connectivity index (χ0) is 13.5. The highest BCUT2D eigenvalue weighted by Gasteiger charge is 2.36.